The molecule has 20 heavy (non-hydrogen) atoms. The van der Waals surface area contributed by atoms with Crippen molar-refractivity contribution in [3.05, 3.63) is 17.4 Å². The lowest BCUT2D eigenvalue weighted by molar-refractivity contribution is 0.0635. The van der Waals surface area contributed by atoms with Gasteiger partial charge in [-0.05, 0) is 20.8 Å². The second kappa shape index (κ2) is 5.77. The van der Waals surface area contributed by atoms with Gasteiger partial charge < -0.3 is 14.6 Å². The minimum atomic E-state index is -0.982. The van der Waals surface area contributed by atoms with Crippen LogP contribution in [0, 0.1) is 5.82 Å². The maximum absolute atomic E-state index is 13.6. The van der Waals surface area contributed by atoms with E-state index in [9.17, 15) is 19.1 Å². The van der Waals surface area contributed by atoms with Gasteiger partial charge in [-0.25, -0.2) is 9.18 Å². The Morgan fingerprint density at radius 1 is 1.45 bits per heavy atom. The molecule has 110 valence electrons. The highest BCUT2D eigenvalue weighted by atomic mass is 19.1. The van der Waals surface area contributed by atoms with Gasteiger partial charge >= 0.3 is 6.09 Å². The summed E-state index contributed by atoms with van der Waals surface area (Å²) >= 11 is 0. The van der Waals surface area contributed by atoms with Crippen LogP contribution in [0.4, 0.5) is 14.9 Å². The maximum atomic E-state index is 13.6. The fraction of sp³-hybridized carbons (Fsp3) is 0.385. The van der Waals surface area contributed by atoms with Crippen LogP contribution in [-0.2, 0) is 4.74 Å². The first kappa shape index (κ1) is 15.7. The number of anilines is 1. The van der Waals surface area contributed by atoms with Crippen molar-refractivity contribution in [3.8, 4) is 11.5 Å². The van der Waals surface area contributed by atoms with Crippen LogP contribution < -0.4 is 10.1 Å². The number of halogens is 1. The van der Waals surface area contributed by atoms with Gasteiger partial charge in [0.15, 0.2) is 17.8 Å². The summed E-state index contributed by atoms with van der Waals surface area (Å²) in [4.78, 5) is 22.3. The molecule has 0 unspecified atom stereocenters. The minimum Gasteiger partial charge on any atom is -0.504 e. The number of nitrogens with one attached hydrogen (secondary N) is 1. The average molecular weight is 285 g/mol. The van der Waals surface area contributed by atoms with E-state index in [-0.39, 0.29) is 17.7 Å². The Morgan fingerprint density at radius 3 is 2.50 bits per heavy atom. The van der Waals surface area contributed by atoms with Crippen LogP contribution in [0.15, 0.2) is 6.07 Å². The van der Waals surface area contributed by atoms with Crippen LogP contribution in [-0.4, -0.2) is 30.2 Å². The van der Waals surface area contributed by atoms with Crippen molar-refractivity contribution in [2.24, 2.45) is 0 Å². The van der Waals surface area contributed by atoms with Gasteiger partial charge in [-0.3, -0.25) is 10.1 Å². The fourth-order valence-electron chi connectivity index (χ4n) is 1.46. The summed E-state index contributed by atoms with van der Waals surface area (Å²) in [5, 5.41) is 12.0. The second-order valence-electron chi connectivity index (χ2n) is 4.95. The zero-order valence-electron chi connectivity index (χ0n) is 11.6. The highest BCUT2D eigenvalue weighted by Gasteiger charge is 2.22. The largest absolute Gasteiger partial charge is 0.504 e. The molecule has 0 saturated carbocycles. The molecule has 0 aliphatic rings. The summed E-state index contributed by atoms with van der Waals surface area (Å²) in [5.74, 6) is -1.89. The Balaban J connectivity index is 3.13. The summed E-state index contributed by atoms with van der Waals surface area (Å²) in [6.07, 6.45) is -0.682. The molecular weight excluding hydrogens is 269 g/mol. The summed E-state index contributed by atoms with van der Waals surface area (Å²) in [5.41, 5.74) is -1.42. The summed E-state index contributed by atoms with van der Waals surface area (Å²) in [7, 11) is 1.21. The van der Waals surface area contributed by atoms with E-state index in [1.54, 1.807) is 20.8 Å². The van der Waals surface area contributed by atoms with E-state index in [4.69, 9.17) is 9.47 Å². The molecule has 0 aromatic heterocycles. The van der Waals surface area contributed by atoms with Crippen molar-refractivity contribution in [2.75, 3.05) is 12.4 Å². The molecule has 0 atom stereocenters. The van der Waals surface area contributed by atoms with Crippen LogP contribution in [0.2, 0.25) is 0 Å². The number of phenols is 1. The first-order valence-corrected chi connectivity index (χ1v) is 5.74. The molecule has 6 nitrogen and oxygen atoms in total. The Hall–Kier alpha value is -2.31. The molecule has 0 spiro atoms. The van der Waals surface area contributed by atoms with Gasteiger partial charge in [-0.1, -0.05) is 0 Å². The first-order valence-electron chi connectivity index (χ1n) is 5.74. The molecule has 7 heteroatoms. The molecule has 2 N–H and O–H groups in total. The molecule has 1 aromatic carbocycles. The van der Waals surface area contributed by atoms with E-state index in [1.165, 1.54) is 7.11 Å². The number of methoxy groups -OCH3 is 1. The van der Waals surface area contributed by atoms with Gasteiger partial charge in [0.25, 0.3) is 0 Å². The Bertz CT molecular complexity index is 537. The van der Waals surface area contributed by atoms with Gasteiger partial charge in [0.1, 0.15) is 11.4 Å². The highest BCUT2D eigenvalue weighted by molar-refractivity contribution is 5.91. The predicted molar refractivity (Wildman–Crippen MR) is 69.9 cm³/mol. The molecule has 0 bridgehead atoms. The number of hydrogen-bond donors (Lipinski definition) is 2. The summed E-state index contributed by atoms with van der Waals surface area (Å²) < 4.78 is 23.4. The van der Waals surface area contributed by atoms with E-state index in [0.717, 1.165) is 6.07 Å². The molecule has 0 aliphatic carbocycles. The molecule has 0 saturated heterocycles. The Labute approximate surface area is 115 Å². The van der Waals surface area contributed by atoms with Gasteiger partial charge in [-0.15, -0.1) is 0 Å². The number of aromatic hydroxyl groups is 1. The van der Waals surface area contributed by atoms with E-state index in [2.05, 4.69) is 5.32 Å². The lowest BCUT2D eigenvalue weighted by atomic mass is 10.1. The lowest BCUT2D eigenvalue weighted by Crippen LogP contribution is -2.27. The number of rotatable bonds is 3. The maximum Gasteiger partial charge on any atom is 0.412 e. The number of aldehydes is 1. The molecule has 1 rings (SSSR count). The summed E-state index contributed by atoms with van der Waals surface area (Å²) in [6.45, 7) is 4.99. The van der Waals surface area contributed by atoms with Crippen molar-refractivity contribution in [1.29, 1.82) is 0 Å². The normalized spacial score (nSPS) is 10.8. The van der Waals surface area contributed by atoms with E-state index < -0.39 is 28.8 Å². The Morgan fingerprint density at radius 2 is 2.05 bits per heavy atom. The second-order valence-corrected chi connectivity index (χ2v) is 4.95. The number of ether oxygens (including phenoxy) is 2. The molecule has 0 fully saturated rings. The Kier molecular flexibility index (Phi) is 4.54. The quantitative estimate of drug-likeness (QED) is 0.834. The van der Waals surface area contributed by atoms with Crippen LogP contribution >= 0.6 is 0 Å². The molecule has 0 heterocycles. The van der Waals surface area contributed by atoms with Gasteiger partial charge in [0.05, 0.1) is 18.4 Å². The van der Waals surface area contributed by atoms with Crippen molar-refractivity contribution in [3.63, 3.8) is 0 Å². The third kappa shape index (κ3) is 3.59. The monoisotopic (exact) mass is 285 g/mol. The molecular formula is C13H16FNO5. The van der Waals surface area contributed by atoms with Crippen LogP contribution in [0.25, 0.3) is 0 Å². The van der Waals surface area contributed by atoms with Gasteiger partial charge in [0.2, 0.25) is 0 Å². The zero-order valence-corrected chi connectivity index (χ0v) is 11.6. The van der Waals surface area contributed by atoms with Crippen molar-refractivity contribution >= 4 is 18.1 Å². The molecule has 0 radical (unpaired) electrons. The average Bonchev–Trinajstić information content (AvgIpc) is 2.26. The first-order chi connectivity index (χ1) is 9.19. The van der Waals surface area contributed by atoms with Crippen molar-refractivity contribution < 1.29 is 28.6 Å². The third-order valence-electron chi connectivity index (χ3n) is 2.20. The van der Waals surface area contributed by atoms with Crippen molar-refractivity contribution in [1.82, 2.24) is 0 Å². The molecule has 1 aromatic rings. The number of carbonyl (C=O) groups is 2. The van der Waals surface area contributed by atoms with Gasteiger partial charge in [0, 0.05) is 6.07 Å². The standard InChI is InChI=1S/C13H16FNO5/c1-13(2,3)20-12(18)15-9-5-8(14)7(6-16)10(17)11(9)19-4/h5-6,17H,1-4H3,(H,15,18). The SMILES string of the molecule is COc1c(NC(=O)OC(C)(C)C)cc(F)c(C=O)c1O. The number of hydrogen-bond acceptors (Lipinski definition) is 5. The molecule has 0 aliphatic heterocycles. The third-order valence-corrected chi connectivity index (χ3v) is 2.20. The van der Waals surface area contributed by atoms with Crippen LogP contribution in [0.5, 0.6) is 11.5 Å². The minimum absolute atomic E-state index is 0.137. The number of amides is 1. The topological polar surface area (TPSA) is 84.9 Å². The van der Waals surface area contributed by atoms with Crippen LogP contribution in [0.1, 0.15) is 31.1 Å². The van der Waals surface area contributed by atoms with Gasteiger partial charge in [-0.2, -0.15) is 0 Å². The predicted octanol–water partition coefficient (Wildman–Crippen LogP) is 2.70. The van der Waals surface area contributed by atoms with E-state index >= 15 is 0 Å². The number of benzene rings is 1. The smallest absolute Gasteiger partial charge is 0.412 e. The number of phenolic OH excluding ortho intramolecular Hbond substituents is 1. The van der Waals surface area contributed by atoms with Crippen molar-refractivity contribution in [2.45, 2.75) is 26.4 Å². The highest BCUT2D eigenvalue weighted by Crippen LogP contribution is 2.38. The lowest BCUT2D eigenvalue weighted by Gasteiger charge is -2.20. The summed E-state index contributed by atoms with van der Waals surface area (Å²) in [6, 6.07) is 0.867. The van der Waals surface area contributed by atoms with E-state index in [1.807, 2.05) is 0 Å². The van der Waals surface area contributed by atoms with E-state index in [0.29, 0.717) is 0 Å². The molecule has 1 amide bonds. The number of carbonyl (C=O) groups excluding carboxylic acids is 2. The van der Waals surface area contributed by atoms with Crippen LogP contribution in [0.3, 0.4) is 0 Å². The fourth-order valence-corrected chi connectivity index (χ4v) is 1.46. The zero-order chi connectivity index (χ0) is 15.5.